The number of aromatic nitrogens is 1. The van der Waals surface area contributed by atoms with Gasteiger partial charge in [0.2, 0.25) is 21.8 Å². The molecule has 3 saturated carbocycles. The molecule has 6 aliphatic rings. The Labute approximate surface area is 334 Å². The molecule has 1 aromatic carbocycles. The molecular weight excluding hydrogens is 751 g/mol. The maximum absolute atomic E-state index is 14.8. The number of carbonyl (C=O) groups is 4. The zero-order valence-electron chi connectivity index (χ0n) is 33.6. The summed E-state index contributed by atoms with van der Waals surface area (Å²) in [6, 6.07) is 3.75. The van der Waals surface area contributed by atoms with E-state index in [0.717, 1.165) is 47.8 Å². The van der Waals surface area contributed by atoms with E-state index in [0.29, 0.717) is 56.4 Å². The number of nitrogens with one attached hydrogen (secondary N) is 3. The van der Waals surface area contributed by atoms with Crippen LogP contribution in [0.5, 0.6) is 11.5 Å². The van der Waals surface area contributed by atoms with Crippen molar-refractivity contribution in [2.45, 2.75) is 151 Å². The minimum Gasteiger partial charge on any atom is -0.497 e. The second-order valence-corrected chi connectivity index (χ2v) is 20.6. The summed E-state index contributed by atoms with van der Waals surface area (Å²) in [5.41, 5.74) is -0.539. The first-order valence-electron chi connectivity index (χ1n) is 20.5. The van der Waals surface area contributed by atoms with Crippen LogP contribution in [0.4, 0.5) is 4.79 Å². The molecule has 3 aliphatic carbocycles. The Morgan fingerprint density at radius 3 is 2.53 bits per heavy atom. The van der Waals surface area contributed by atoms with Gasteiger partial charge < -0.3 is 29.7 Å². The molecule has 2 aromatic rings. The lowest BCUT2D eigenvalue weighted by Crippen LogP contribution is -2.58. The smallest absolute Gasteiger partial charge is 0.408 e. The number of fused-ring (bicyclic) bond motifs is 5. The number of aryl methyl sites for hydroxylation is 1. The van der Waals surface area contributed by atoms with E-state index in [9.17, 15) is 27.6 Å². The number of alkyl carbamates (subject to hydrolysis) is 1. The molecule has 1 aromatic heterocycles. The monoisotopic (exact) mass is 805 g/mol. The number of carbonyl (C=O) groups excluding carboxylic acids is 4. The number of pyridine rings is 1. The number of rotatable bonds is 6. The van der Waals surface area contributed by atoms with Crippen LogP contribution in [0.3, 0.4) is 0 Å². The van der Waals surface area contributed by atoms with Crippen LogP contribution in [0, 0.1) is 5.92 Å². The number of allylic oxidation sites excluding steroid dienone is 1. The van der Waals surface area contributed by atoms with Crippen LogP contribution in [0.25, 0.3) is 10.9 Å². The molecule has 1 saturated heterocycles. The fourth-order valence-corrected chi connectivity index (χ4v) is 10.1. The quantitative estimate of drug-likeness (QED) is 0.334. The van der Waals surface area contributed by atoms with Gasteiger partial charge in [0.15, 0.2) is 0 Å². The molecule has 3 N–H and O–H groups in total. The lowest BCUT2D eigenvalue weighted by molar-refractivity contribution is -0.141. The second-order valence-electron chi connectivity index (χ2n) is 18.4. The van der Waals surface area contributed by atoms with Gasteiger partial charge in [-0.05, 0) is 110 Å². The van der Waals surface area contributed by atoms with Crippen molar-refractivity contribution < 1.29 is 41.8 Å². The van der Waals surface area contributed by atoms with E-state index in [2.05, 4.69) is 15.4 Å². The van der Waals surface area contributed by atoms with E-state index in [1.165, 1.54) is 4.90 Å². The predicted octanol–water partition coefficient (Wildman–Crippen LogP) is 5.07. The molecule has 15 heteroatoms. The third-order valence-corrected chi connectivity index (χ3v) is 14.9. The zero-order chi connectivity index (χ0) is 40.5. The average molecular weight is 806 g/mol. The molecule has 4 amide bonds. The van der Waals surface area contributed by atoms with E-state index in [1.807, 2.05) is 30.4 Å². The van der Waals surface area contributed by atoms with Gasteiger partial charge in [-0.15, -0.1) is 0 Å². The molecule has 4 fully saturated rings. The molecular formula is C42H55N5O9S. The molecule has 1 spiro atoms. The summed E-state index contributed by atoms with van der Waals surface area (Å²) in [5.74, 6) is -0.593. The maximum Gasteiger partial charge on any atom is 0.408 e. The van der Waals surface area contributed by atoms with Gasteiger partial charge >= 0.3 is 6.09 Å². The van der Waals surface area contributed by atoms with E-state index in [4.69, 9.17) is 19.2 Å². The highest BCUT2D eigenvalue weighted by Gasteiger charge is 2.64. The van der Waals surface area contributed by atoms with Crippen molar-refractivity contribution in [3.05, 3.63) is 41.6 Å². The summed E-state index contributed by atoms with van der Waals surface area (Å²) >= 11 is 0. The van der Waals surface area contributed by atoms with Gasteiger partial charge in [-0.1, -0.05) is 25.0 Å². The molecule has 8 rings (SSSR count). The average Bonchev–Trinajstić information content (AvgIpc) is 4.08. The van der Waals surface area contributed by atoms with Crippen LogP contribution < -0.4 is 24.8 Å². The predicted molar refractivity (Wildman–Crippen MR) is 211 cm³/mol. The van der Waals surface area contributed by atoms with Gasteiger partial charge in [-0.2, -0.15) is 0 Å². The molecule has 0 bridgehead atoms. The highest BCUT2D eigenvalue weighted by molar-refractivity contribution is 7.91. The van der Waals surface area contributed by atoms with Gasteiger partial charge in [-0.25, -0.2) is 18.2 Å². The summed E-state index contributed by atoms with van der Waals surface area (Å²) in [7, 11) is -2.37. The SMILES string of the molecule is COc1ccc2nc(C3CC3)c3c(c2c1)CC[C@@]1(C[C@H]2C(=O)N[C@]4(C(=O)NS(=O)(=O)C5(C)CC5)C[C@@H]4/C=C\CCCCCC(NC(=O)OC(C)(C)C)C(=O)N2C1)O3. The van der Waals surface area contributed by atoms with E-state index in [-0.39, 0.29) is 25.3 Å². The largest absolute Gasteiger partial charge is 0.497 e. The molecule has 14 nitrogen and oxygen atoms in total. The molecule has 308 valence electrons. The number of hydrogen-bond acceptors (Lipinski definition) is 10. The third-order valence-electron chi connectivity index (χ3n) is 12.7. The van der Waals surface area contributed by atoms with Crippen LogP contribution in [-0.4, -0.2) is 89.3 Å². The summed E-state index contributed by atoms with van der Waals surface area (Å²) in [5, 5.41) is 6.72. The first-order valence-corrected chi connectivity index (χ1v) is 22.0. The highest BCUT2D eigenvalue weighted by Crippen LogP contribution is 2.52. The summed E-state index contributed by atoms with van der Waals surface area (Å²) < 4.78 is 46.0. The van der Waals surface area contributed by atoms with Crippen LogP contribution in [-0.2, 0) is 35.6 Å². The topological polar surface area (TPSA) is 182 Å². The number of hydrogen-bond donors (Lipinski definition) is 3. The molecule has 1 unspecified atom stereocenters. The highest BCUT2D eigenvalue weighted by atomic mass is 32.2. The van der Waals surface area contributed by atoms with Gasteiger partial charge in [0, 0.05) is 29.2 Å². The maximum atomic E-state index is 14.8. The van der Waals surface area contributed by atoms with Crippen molar-refractivity contribution in [3.63, 3.8) is 0 Å². The van der Waals surface area contributed by atoms with E-state index in [1.54, 1.807) is 34.8 Å². The molecule has 0 radical (unpaired) electrons. The fourth-order valence-electron chi connectivity index (χ4n) is 8.74. The number of amides is 4. The Morgan fingerprint density at radius 2 is 1.82 bits per heavy atom. The van der Waals surface area contributed by atoms with Crippen LogP contribution in [0.15, 0.2) is 30.4 Å². The van der Waals surface area contributed by atoms with Gasteiger partial charge in [-0.3, -0.25) is 19.1 Å². The van der Waals surface area contributed by atoms with Crippen molar-refractivity contribution in [3.8, 4) is 11.5 Å². The Kier molecular flexibility index (Phi) is 9.79. The number of methoxy groups -OCH3 is 1. The van der Waals surface area contributed by atoms with Gasteiger partial charge in [0.1, 0.15) is 40.3 Å². The van der Waals surface area contributed by atoms with E-state index < -0.39 is 73.3 Å². The Bertz CT molecular complexity index is 2140. The number of sulfonamides is 1. The standard InChI is InChI=1S/C42H55N5O9S/c1-39(2,3)56-38(51)44-31-12-10-8-6-7-9-11-26-22-42(26,37(50)46-57(52,53)40(4)19-20-40)45-35(48)32-23-41(24-47(32)36(31)49)18-17-28-29-21-27(54-5)15-16-30(29)43-33(25-13-14-25)34(28)55-41/h9,11,15-16,21,25-26,31-32H,6-8,10,12-14,17-20,22-24H2,1-5H3,(H,44,51)(H,45,48)(H,46,50)/b11-9-/t26-,31?,32-,41-,42+/m0/s1. The third kappa shape index (κ3) is 7.68. The van der Waals surface area contributed by atoms with Crippen LogP contribution >= 0.6 is 0 Å². The minimum atomic E-state index is -3.99. The lowest BCUT2D eigenvalue weighted by atomic mass is 9.86. The molecule has 5 atom stereocenters. The van der Waals surface area contributed by atoms with Crippen LogP contribution in [0.2, 0.25) is 0 Å². The van der Waals surface area contributed by atoms with Crippen molar-refractivity contribution >= 4 is 44.7 Å². The molecule has 4 heterocycles. The summed E-state index contributed by atoms with van der Waals surface area (Å²) in [4.78, 5) is 63.4. The van der Waals surface area contributed by atoms with Crippen molar-refractivity contribution in [2.24, 2.45) is 5.92 Å². The minimum absolute atomic E-state index is 0.0609. The van der Waals surface area contributed by atoms with E-state index >= 15 is 0 Å². The van der Waals surface area contributed by atoms with Crippen molar-refractivity contribution in [2.75, 3.05) is 13.7 Å². The number of benzene rings is 1. The first kappa shape index (κ1) is 39.4. The van der Waals surface area contributed by atoms with Gasteiger partial charge in [0.05, 0.1) is 29.6 Å². The van der Waals surface area contributed by atoms with Crippen molar-refractivity contribution in [1.29, 1.82) is 0 Å². The zero-order valence-corrected chi connectivity index (χ0v) is 34.4. The Hall–Kier alpha value is -4.40. The number of nitrogens with zero attached hydrogens (tertiary/aromatic N) is 2. The number of ether oxygens (including phenoxy) is 3. The fraction of sp³-hybridized carbons (Fsp3) is 0.643. The summed E-state index contributed by atoms with van der Waals surface area (Å²) in [6.45, 7) is 6.91. The summed E-state index contributed by atoms with van der Waals surface area (Å²) in [6.07, 6.45) is 10.7. The molecule has 3 aliphatic heterocycles. The lowest BCUT2D eigenvalue weighted by Gasteiger charge is -2.37. The second kappa shape index (κ2) is 14.2. The Morgan fingerprint density at radius 1 is 1.05 bits per heavy atom. The van der Waals surface area contributed by atoms with Gasteiger partial charge in [0.25, 0.3) is 5.91 Å². The van der Waals surface area contributed by atoms with Crippen molar-refractivity contribution in [1.82, 2.24) is 25.2 Å². The molecule has 57 heavy (non-hydrogen) atoms. The normalized spacial score (nSPS) is 30.3. The van der Waals surface area contributed by atoms with Crippen LogP contribution in [0.1, 0.15) is 122 Å². The Balaban J connectivity index is 1.15. The first-order chi connectivity index (χ1) is 27.0.